The van der Waals surface area contributed by atoms with Gasteiger partial charge in [0.15, 0.2) is 0 Å². The molecular formula is C8H7ClFN3. The van der Waals surface area contributed by atoms with Crippen LogP contribution in [0.3, 0.4) is 0 Å². The van der Waals surface area contributed by atoms with Crippen molar-refractivity contribution in [3.05, 3.63) is 45.0 Å². The Hall–Kier alpha value is -1.25. The molecule has 0 saturated heterocycles. The van der Waals surface area contributed by atoms with Crippen molar-refractivity contribution in [2.45, 2.75) is 13.0 Å². The highest BCUT2D eigenvalue weighted by Gasteiger charge is 2.07. The Labute approximate surface area is 79.8 Å². The highest BCUT2D eigenvalue weighted by Crippen LogP contribution is 2.25. The molecule has 0 aliphatic carbocycles. The molecule has 68 valence electrons. The van der Waals surface area contributed by atoms with Gasteiger partial charge in [-0.05, 0) is 23.2 Å². The third-order valence-electron chi connectivity index (χ3n) is 1.64. The van der Waals surface area contributed by atoms with Gasteiger partial charge in [0, 0.05) is 9.93 Å². The summed E-state index contributed by atoms with van der Waals surface area (Å²) < 4.78 is 12.6. The molecular weight excluding hydrogens is 193 g/mol. The first-order chi connectivity index (χ1) is 6.15. The lowest BCUT2D eigenvalue weighted by Gasteiger charge is -2.06. The molecule has 1 aromatic rings. The molecule has 0 aliphatic rings. The second kappa shape index (κ2) is 4.12. The van der Waals surface area contributed by atoms with Crippen molar-refractivity contribution >= 4 is 11.6 Å². The van der Waals surface area contributed by atoms with Crippen molar-refractivity contribution in [2.75, 3.05) is 0 Å². The maximum Gasteiger partial charge on any atom is 0.124 e. The summed E-state index contributed by atoms with van der Waals surface area (Å²) in [5, 5.41) is 3.74. The third kappa shape index (κ3) is 2.34. The van der Waals surface area contributed by atoms with E-state index in [1.807, 2.05) is 0 Å². The molecule has 1 aromatic carbocycles. The summed E-state index contributed by atoms with van der Waals surface area (Å²) in [7, 11) is 0. The molecule has 1 atom stereocenters. The van der Waals surface area contributed by atoms with E-state index in [1.165, 1.54) is 18.2 Å². The van der Waals surface area contributed by atoms with Crippen LogP contribution in [0.15, 0.2) is 23.3 Å². The SMILES string of the molecule is CC(N=[N+]=[N-])c1ccc(F)cc1Cl. The van der Waals surface area contributed by atoms with E-state index in [9.17, 15) is 4.39 Å². The van der Waals surface area contributed by atoms with Gasteiger partial charge in [0.1, 0.15) is 5.82 Å². The van der Waals surface area contributed by atoms with Gasteiger partial charge >= 0.3 is 0 Å². The zero-order valence-corrected chi connectivity index (χ0v) is 7.66. The second-order valence-electron chi connectivity index (χ2n) is 2.55. The number of hydrogen-bond donors (Lipinski definition) is 0. The number of azide groups is 1. The predicted molar refractivity (Wildman–Crippen MR) is 49.0 cm³/mol. The molecule has 0 aliphatic heterocycles. The minimum Gasteiger partial charge on any atom is -0.207 e. The van der Waals surface area contributed by atoms with Crippen molar-refractivity contribution < 1.29 is 4.39 Å². The summed E-state index contributed by atoms with van der Waals surface area (Å²) in [5.41, 5.74) is 8.81. The van der Waals surface area contributed by atoms with Crippen molar-refractivity contribution in [3.8, 4) is 0 Å². The van der Waals surface area contributed by atoms with Crippen molar-refractivity contribution in [1.29, 1.82) is 0 Å². The predicted octanol–water partition coefficient (Wildman–Crippen LogP) is 3.85. The number of hydrogen-bond acceptors (Lipinski definition) is 1. The van der Waals surface area contributed by atoms with Gasteiger partial charge in [-0.1, -0.05) is 29.7 Å². The topological polar surface area (TPSA) is 48.8 Å². The quantitative estimate of drug-likeness (QED) is 0.395. The van der Waals surface area contributed by atoms with Gasteiger partial charge in [-0.15, -0.1) is 0 Å². The molecule has 0 bridgehead atoms. The zero-order chi connectivity index (χ0) is 9.84. The molecule has 3 nitrogen and oxygen atoms in total. The van der Waals surface area contributed by atoms with Gasteiger partial charge in [0.25, 0.3) is 0 Å². The molecule has 0 amide bonds. The molecule has 5 heteroatoms. The van der Waals surface area contributed by atoms with Crippen LogP contribution in [-0.2, 0) is 0 Å². The van der Waals surface area contributed by atoms with E-state index in [0.717, 1.165) is 0 Å². The Kier molecular flexibility index (Phi) is 3.12. The average Bonchev–Trinajstić information content (AvgIpc) is 2.04. The van der Waals surface area contributed by atoms with Gasteiger partial charge in [-0.3, -0.25) is 0 Å². The summed E-state index contributed by atoms with van der Waals surface area (Å²) in [6.45, 7) is 1.69. The van der Waals surface area contributed by atoms with Gasteiger partial charge < -0.3 is 0 Å². The smallest absolute Gasteiger partial charge is 0.124 e. The molecule has 1 unspecified atom stereocenters. The van der Waals surface area contributed by atoms with E-state index in [4.69, 9.17) is 17.1 Å². The summed E-state index contributed by atoms with van der Waals surface area (Å²) in [6, 6.07) is 3.61. The minimum absolute atomic E-state index is 0.278. The van der Waals surface area contributed by atoms with Crippen molar-refractivity contribution in [1.82, 2.24) is 0 Å². The fourth-order valence-corrected chi connectivity index (χ4v) is 1.31. The van der Waals surface area contributed by atoms with Crippen molar-refractivity contribution in [2.24, 2.45) is 5.11 Å². The molecule has 0 heterocycles. The van der Waals surface area contributed by atoms with E-state index >= 15 is 0 Å². The number of benzene rings is 1. The first-order valence-electron chi connectivity index (χ1n) is 3.64. The van der Waals surface area contributed by atoms with Crippen LogP contribution in [0.2, 0.25) is 5.02 Å². The lowest BCUT2D eigenvalue weighted by atomic mass is 10.1. The van der Waals surface area contributed by atoms with Gasteiger partial charge in [0.2, 0.25) is 0 Å². The van der Waals surface area contributed by atoms with Crippen LogP contribution < -0.4 is 0 Å². The lowest BCUT2D eigenvalue weighted by molar-refractivity contribution is 0.626. The molecule has 0 radical (unpaired) electrons. The van der Waals surface area contributed by atoms with Crippen LogP contribution in [0.25, 0.3) is 10.4 Å². The lowest BCUT2D eigenvalue weighted by Crippen LogP contribution is -1.90. The highest BCUT2D eigenvalue weighted by atomic mass is 35.5. The van der Waals surface area contributed by atoms with E-state index in [0.29, 0.717) is 5.56 Å². The zero-order valence-electron chi connectivity index (χ0n) is 6.91. The fourth-order valence-electron chi connectivity index (χ4n) is 0.980. The van der Waals surface area contributed by atoms with Crippen LogP contribution in [0.5, 0.6) is 0 Å². The maximum atomic E-state index is 12.6. The average molecular weight is 200 g/mol. The first kappa shape index (κ1) is 9.84. The molecule has 1 rings (SSSR count). The summed E-state index contributed by atoms with van der Waals surface area (Å²) in [5.74, 6) is -0.401. The molecule has 0 spiro atoms. The van der Waals surface area contributed by atoms with Gasteiger partial charge in [-0.2, -0.15) is 0 Å². The van der Waals surface area contributed by atoms with Crippen LogP contribution in [0.1, 0.15) is 18.5 Å². The van der Waals surface area contributed by atoms with Crippen LogP contribution in [-0.4, -0.2) is 0 Å². The molecule has 13 heavy (non-hydrogen) atoms. The Balaban J connectivity index is 3.08. The van der Waals surface area contributed by atoms with Crippen molar-refractivity contribution in [3.63, 3.8) is 0 Å². The minimum atomic E-state index is -0.401. The molecule has 0 fully saturated rings. The van der Waals surface area contributed by atoms with E-state index in [1.54, 1.807) is 6.92 Å². The van der Waals surface area contributed by atoms with E-state index in [2.05, 4.69) is 10.0 Å². The van der Waals surface area contributed by atoms with E-state index in [-0.39, 0.29) is 11.1 Å². The molecule has 0 saturated carbocycles. The second-order valence-corrected chi connectivity index (χ2v) is 2.95. The Morgan fingerprint density at radius 3 is 2.85 bits per heavy atom. The van der Waals surface area contributed by atoms with E-state index < -0.39 is 5.82 Å². The fraction of sp³-hybridized carbons (Fsp3) is 0.250. The molecule has 0 N–H and O–H groups in total. The number of halogens is 2. The standard InChI is InChI=1S/C8H7ClFN3/c1-5(12-13-11)7-3-2-6(10)4-8(7)9/h2-5H,1H3. The van der Waals surface area contributed by atoms with Crippen LogP contribution in [0.4, 0.5) is 4.39 Å². The maximum absolute atomic E-state index is 12.6. The third-order valence-corrected chi connectivity index (χ3v) is 1.96. The Bertz CT molecular complexity index is 360. The Morgan fingerprint density at radius 1 is 1.62 bits per heavy atom. The largest absolute Gasteiger partial charge is 0.207 e. The van der Waals surface area contributed by atoms with Gasteiger partial charge in [0.05, 0.1) is 6.04 Å². The highest BCUT2D eigenvalue weighted by molar-refractivity contribution is 6.31. The van der Waals surface area contributed by atoms with Crippen LogP contribution >= 0.6 is 11.6 Å². The number of nitrogens with zero attached hydrogens (tertiary/aromatic N) is 3. The van der Waals surface area contributed by atoms with Gasteiger partial charge in [-0.25, -0.2) is 4.39 Å². The normalized spacial score (nSPS) is 11.9. The number of rotatable bonds is 2. The summed E-state index contributed by atoms with van der Waals surface area (Å²) in [6.07, 6.45) is 0. The van der Waals surface area contributed by atoms with Crippen LogP contribution in [0, 0.1) is 5.82 Å². The monoisotopic (exact) mass is 199 g/mol. The first-order valence-corrected chi connectivity index (χ1v) is 4.02. The molecule has 0 aromatic heterocycles. The summed E-state index contributed by atoms with van der Waals surface area (Å²) >= 11 is 5.74. The summed E-state index contributed by atoms with van der Waals surface area (Å²) in [4.78, 5) is 2.65. The Morgan fingerprint density at radius 2 is 2.31 bits per heavy atom.